The number of fused-ring (bicyclic) bond motifs is 1. The summed E-state index contributed by atoms with van der Waals surface area (Å²) < 4.78 is 9.29. The van der Waals surface area contributed by atoms with Crippen LogP contribution in [0.5, 0.6) is 5.75 Å². The average molecular weight is 438 g/mol. The molecule has 2 aromatic carbocycles. The predicted molar refractivity (Wildman–Crippen MR) is 124 cm³/mol. The lowest BCUT2D eigenvalue weighted by molar-refractivity contribution is 0.0947. The molecule has 0 bridgehead atoms. The molecule has 1 amide bonds. The first kappa shape index (κ1) is 20.4. The molecule has 0 aliphatic carbocycles. The number of carbonyl (C=O) groups excluding carboxylic acids is 1. The molecular formula is C25H22N6O2. The summed E-state index contributed by atoms with van der Waals surface area (Å²) in [5.74, 6) is 1.29. The van der Waals surface area contributed by atoms with Crippen molar-refractivity contribution in [3.05, 3.63) is 103 Å². The molecular weight excluding hydrogens is 416 g/mol. The molecule has 0 unspecified atom stereocenters. The first-order valence-electron chi connectivity index (χ1n) is 10.6. The number of aromatic nitrogens is 5. The van der Waals surface area contributed by atoms with Crippen LogP contribution in [0, 0.1) is 0 Å². The van der Waals surface area contributed by atoms with Crippen molar-refractivity contribution < 1.29 is 9.53 Å². The number of hydrogen-bond acceptors (Lipinski definition) is 5. The van der Waals surface area contributed by atoms with Crippen LogP contribution >= 0.6 is 0 Å². The number of carbonyl (C=O) groups is 1. The van der Waals surface area contributed by atoms with Crippen molar-refractivity contribution >= 4 is 11.6 Å². The van der Waals surface area contributed by atoms with E-state index < -0.39 is 0 Å². The van der Waals surface area contributed by atoms with Crippen molar-refractivity contribution in [2.75, 3.05) is 6.54 Å². The summed E-state index contributed by atoms with van der Waals surface area (Å²) in [7, 11) is 0. The Morgan fingerprint density at radius 2 is 1.64 bits per heavy atom. The van der Waals surface area contributed by atoms with Gasteiger partial charge in [-0.2, -0.15) is 5.10 Å². The maximum Gasteiger partial charge on any atom is 0.271 e. The smallest absolute Gasteiger partial charge is 0.271 e. The fourth-order valence-electron chi connectivity index (χ4n) is 3.51. The summed E-state index contributed by atoms with van der Waals surface area (Å²) in [6, 6.07) is 25.5. The van der Waals surface area contributed by atoms with Gasteiger partial charge in [0, 0.05) is 25.4 Å². The molecule has 0 saturated heterocycles. The molecule has 3 heterocycles. The highest BCUT2D eigenvalue weighted by molar-refractivity contribution is 5.92. The third-order valence-corrected chi connectivity index (χ3v) is 5.22. The maximum atomic E-state index is 12.4. The number of hydrogen-bond donors (Lipinski definition) is 1. The molecule has 0 fully saturated rings. The number of nitrogens with one attached hydrogen (secondary N) is 1. The Morgan fingerprint density at radius 1 is 0.848 bits per heavy atom. The van der Waals surface area contributed by atoms with Gasteiger partial charge in [-0.3, -0.25) is 9.20 Å². The number of ether oxygens (including phenoxy) is 1. The zero-order valence-corrected chi connectivity index (χ0v) is 17.8. The molecule has 5 rings (SSSR count). The highest BCUT2D eigenvalue weighted by Gasteiger charge is 2.11. The van der Waals surface area contributed by atoms with Gasteiger partial charge in [0.2, 0.25) is 0 Å². The van der Waals surface area contributed by atoms with Gasteiger partial charge in [0.15, 0.2) is 12.4 Å². The molecule has 8 heteroatoms. The van der Waals surface area contributed by atoms with E-state index in [0.29, 0.717) is 18.7 Å². The van der Waals surface area contributed by atoms with Gasteiger partial charge in [-0.1, -0.05) is 48.5 Å². The van der Waals surface area contributed by atoms with E-state index >= 15 is 0 Å². The van der Waals surface area contributed by atoms with E-state index in [0.717, 1.165) is 28.3 Å². The second kappa shape index (κ2) is 9.35. The molecule has 0 atom stereocenters. The minimum absolute atomic E-state index is 0.212. The highest BCUT2D eigenvalue weighted by Crippen LogP contribution is 2.22. The topological polar surface area (TPSA) is 86.3 Å². The number of rotatable bonds is 8. The van der Waals surface area contributed by atoms with E-state index in [1.807, 2.05) is 71.3 Å². The third-order valence-electron chi connectivity index (χ3n) is 5.22. The number of pyridine rings is 1. The normalized spacial score (nSPS) is 10.9. The van der Waals surface area contributed by atoms with Crippen LogP contribution in [0.25, 0.3) is 16.8 Å². The lowest BCUT2D eigenvalue weighted by atomic mass is 10.1. The molecule has 3 aromatic heterocycles. The molecule has 0 aliphatic rings. The van der Waals surface area contributed by atoms with Crippen LogP contribution in [-0.4, -0.2) is 36.8 Å². The van der Waals surface area contributed by atoms with Gasteiger partial charge in [0.25, 0.3) is 5.91 Å². The molecule has 1 N–H and O–H groups in total. The molecule has 0 radical (unpaired) electrons. The molecule has 0 spiro atoms. The first-order valence-corrected chi connectivity index (χ1v) is 10.6. The largest absolute Gasteiger partial charge is 0.471 e. The monoisotopic (exact) mass is 438 g/mol. The first-order chi connectivity index (χ1) is 16.3. The second-order valence-electron chi connectivity index (χ2n) is 7.46. The fraction of sp³-hybridized carbons (Fsp3) is 0.120. The van der Waals surface area contributed by atoms with Crippen molar-refractivity contribution in [1.29, 1.82) is 0 Å². The van der Waals surface area contributed by atoms with Gasteiger partial charge in [0.1, 0.15) is 17.3 Å². The summed E-state index contributed by atoms with van der Waals surface area (Å²) in [5, 5.41) is 15.5. The summed E-state index contributed by atoms with van der Waals surface area (Å²) in [4.78, 5) is 12.4. The number of amides is 1. The van der Waals surface area contributed by atoms with Crippen molar-refractivity contribution in [3.8, 4) is 16.9 Å². The molecule has 33 heavy (non-hydrogen) atoms. The van der Waals surface area contributed by atoms with Crippen molar-refractivity contribution in [3.63, 3.8) is 0 Å². The van der Waals surface area contributed by atoms with Crippen LogP contribution in [-0.2, 0) is 13.2 Å². The predicted octanol–water partition coefficient (Wildman–Crippen LogP) is 3.60. The Morgan fingerprint density at radius 3 is 2.48 bits per heavy atom. The molecule has 5 aromatic rings. The van der Waals surface area contributed by atoms with Gasteiger partial charge in [-0.05, 0) is 41.5 Å². The minimum atomic E-state index is -0.241. The SMILES string of the molecule is O=C(NCCc1nnc2ccccn12)c1ccn(COc2ccc(-c3ccccc3)cc2)n1. The van der Waals surface area contributed by atoms with Crippen LogP contribution < -0.4 is 10.1 Å². The van der Waals surface area contributed by atoms with E-state index in [9.17, 15) is 4.79 Å². The van der Waals surface area contributed by atoms with E-state index in [1.54, 1.807) is 16.9 Å². The molecule has 0 saturated carbocycles. The van der Waals surface area contributed by atoms with Crippen LogP contribution in [0.1, 0.15) is 16.3 Å². The van der Waals surface area contributed by atoms with Gasteiger partial charge >= 0.3 is 0 Å². The lowest BCUT2D eigenvalue weighted by Crippen LogP contribution is -2.26. The van der Waals surface area contributed by atoms with Crippen LogP contribution in [0.4, 0.5) is 0 Å². The zero-order valence-electron chi connectivity index (χ0n) is 17.8. The molecule has 164 valence electrons. The van der Waals surface area contributed by atoms with E-state index in [2.05, 4.69) is 32.7 Å². The summed E-state index contributed by atoms with van der Waals surface area (Å²) in [6.07, 6.45) is 4.20. The third kappa shape index (κ3) is 4.74. The average Bonchev–Trinajstić information content (AvgIpc) is 3.51. The molecule has 8 nitrogen and oxygen atoms in total. The summed E-state index contributed by atoms with van der Waals surface area (Å²) in [5.41, 5.74) is 3.40. The minimum Gasteiger partial charge on any atom is -0.471 e. The Hall–Kier alpha value is -4.46. The highest BCUT2D eigenvalue weighted by atomic mass is 16.5. The van der Waals surface area contributed by atoms with E-state index in [4.69, 9.17) is 4.74 Å². The van der Waals surface area contributed by atoms with Gasteiger partial charge in [0.05, 0.1) is 0 Å². The van der Waals surface area contributed by atoms with Crippen molar-refractivity contribution in [2.45, 2.75) is 13.2 Å². The summed E-state index contributed by atoms with van der Waals surface area (Å²) >= 11 is 0. The van der Waals surface area contributed by atoms with Crippen LogP contribution in [0.3, 0.4) is 0 Å². The van der Waals surface area contributed by atoms with Crippen LogP contribution in [0.2, 0.25) is 0 Å². The van der Waals surface area contributed by atoms with Gasteiger partial charge in [-0.15, -0.1) is 10.2 Å². The number of benzene rings is 2. The van der Waals surface area contributed by atoms with Gasteiger partial charge < -0.3 is 10.1 Å². The number of nitrogens with zero attached hydrogens (tertiary/aromatic N) is 5. The Labute approximate surface area is 190 Å². The second-order valence-corrected chi connectivity index (χ2v) is 7.46. The lowest BCUT2D eigenvalue weighted by Gasteiger charge is -2.07. The van der Waals surface area contributed by atoms with Gasteiger partial charge in [-0.25, -0.2) is 4.68 Å². The van der Waals surface area contributed by atoms with E-state index in [-0.39, 0.29) is 12.6 Å². The Kier molecular flexibility index (Phi) is 5.79. The zero-order chi connectivity index (χ0) is 22.5. The summed E-state index contributed by atoms with van der Waals surface area (Å²) in [6.45, 7) is 0.648. The van der Waals surface area contributed by atoms with Crippen molar-refractivity contribution in [2.24, 2.45) is 0 Å². The van der Waals surface area contributed by atoms with E-state index in [1.165, 1.54) is 0 Å². The quantitative estimate of drug-likeness (QED) is 0.400. The Balaban J connectivity index is 1.12. The fourth-order valence-corrected chi connectivity index (χ4v) is 3.51. The standard InChI is InChI=1S/C25H22N6O2/c32-25(26-15-13-24-28-27-23-8-4-5-16-31(23)24)22-14-17-30(29-22)18-33-21-11-9-20(10-12-21)19-6-2-1-3-7-19/h1-12,14,16-17H,13,15,18H2,(H,26,32). The van der Waals surface area contributed by atoms with Crippen molar-refractivity contribution in [1.82, 2.24) is 29.7 Å². The van der Waals surface area contributed by atoms with Crippen LogP contribution in [0.15, 0.2) is 91.3 Å². The molecule has 0 aliphatic heterocycles. The Bertz CT molecular complexity index is 1360. The maximum absolute atomic E-state index is 12.4.